The molecule has 0 aliphatic rings. The van der Waals surface area contributed by atoms with Gasteiger partial charge in [-0.2, -0.15) is 10.2 Å². The summed E-state index contributed by atoms with van der Waals surface area (Å²) in [6, 6.07) is 8.09. The molecule has 6 nitrogen and oxygen atoms in total. The van der Waals surface area contributed by atoms with Crippen LogP contribution in [0.25, 0.3) is 0 Å². The van der Waals surface area contributed by atoms with Crippen LogP contribution in [0.1, 0.15) is 50.7 Å². The summed E-state index contributed by atoms with van der Waals surface area (Å²) >= 11 is 0. The molecule has 0 aliphatic heterocycles. The quantitative estimate of drug-likeness (QED) is 0.497. The van der Waals surface area contributed by atoms with Crippen molar-refractivity contribution in [3.05, 3.63) is 63.7 Å². The maximum Gasteiger partial charge on any atom is 0.254 e. The fraction of sp³-hybridized carbons (Fsp3) is 0.364. The van der Waals surface area contributed by atoms with E-state index >= 15 is 0 Å². The van der Waals surface area contributed by atoms with E-state index < -0.39 is 0 Å². The van der Waals surface area contributed by atoms with Gasteiger partial charge >= 0.3 is 0 Å². The molecule has 0 unspecified atom stereocenters. The van der Waals surface area contributed by atoms with Crippen molar-refractivity contribution >= 4 is 17.4 Å². The van der Waals surface area contributed by atoms with Gasteiger partial charge in [0.1, 0.15) is 5.84 Å². The molecule has 0 aliphatic carbocycles. The van der Waals surface area contributed by atoms with Crippen molar-refractivity contribution in [2.24, 2.45) is 4.99 Å². The Balaban J connectivity index is 2.10. The van der Waals surface area contributed by atoms with Crippen LogP contribution in [0.4, 0.5) is 5.69 Å². The van der Waals surface area contributed by atoms with Gasteiger partial charge in [0.25, 0.3) is 5.91 Å². The first-order valence-electron chi connectivity index (χ1n) is 9.41. The molecule has 0 radical (unpaired) electrons. The average molecular weight is 377 g/mol. The molecule has 0 spiro atoms. The summed E-state index contributed by atoms with van der Waals surface area (Å²) in [7, 11) is 0. The Morgan fingerprint density at radius 2 is 1.32 bits per heavy atom. The summed E-state index contributed by atoms with van der Waals surface area (Å²) in [6.07, 6.45) is 0.108. The third-order valence-corrected chi connectivity index (χ3v) is 4.69. The molecule has 6 heteroatoms. The molecule has 2 aromatic heterocycles. The van der Waals surface area contributed by atoms with E-state index in [4.69, 9.17) is 4.99 Å². The highest BCUT2D eigenvalue weighted by Crippen LogP contribution is 2.26. The van der Waals surface area contributed by atoms with Crippen molar-refractivity contribution in [3.63, 3.8) is 0 Å². The summed E-state index contributed by atoms with van der Waals surface area (Å²) in [5, 5.41) is 8.88. The highest BCUT2D eigenvalue weighted by atomic mass is 16.2. The van der Waals surface area contributed by atoms with Crippen LogP contribution in [0, 0.1) is 48.5 Å². The molecule has 3 aromatic rings. The molecule has 0 saturated heterocycles. The molecule has 3 rings (SSSR count). The maximum absolute atomic E-state index is 13.0. The van der Waals surface area contributed by atoms with E-state index in [1.165, 1.54) is 10.2 Å². The topological polar surface area (TPSA) is 65.1 Å². The standard InChI is InChI=1S/C22H27N5O/c1-13-8-14(2)22(15(3)9-13)23-20(26-18(6)10-16(4)24-26)12-21(28)27-19(7)11-17(5)25-27/h8-11H,12H2,1-7H3. The van der Waals surface area contributed by atoms with Crippen molar-refractivity contribution in [2.75, 3.05) is 0 Å². The van der Waals surface area contributed by atoms with Gasteiger partial charge in [-0.25, -0.2) is 14.4 Å². The van der Waals surface area contributed by atoms with Crippen LogP contribution in [0.3, 0.4) is 0 Å². The molecule has 0 amide bonds. The molecule has 0 saturated carbocycles. The lowest BCUT2D eigenvalue weighted by Crippen LogP contribution is -2.24. The molecule has 0 N–H and O–H groups in total. The number of carbonyl (C=O) groups excluding carboxylic acids is 1. The summed E-state index contributed by atoms with van der Waals surface area (Å²) in [5.74, 6) is 0.470. The summed E-state index contributed by atoms with van der Waals surface area (Å²) in [6.45, 7) is 13.8. The minimum atomic E-state index is -0.126. The zero-order valence-corrected chi connectivity index (χ0v) is 17.7. The first-order valence-corrected chi connectivity index (χ1v) is 9.41. The van der Waals surface area contributed by atoms with Crippen LogP contribution in [0.5, 0.6) is 0 Å². The monoisotopic (exact) mass is 377 g/mol. The summed E-state index contributed by atoms with van der Waals surface area (Å²) in [4.78, 5) is 17.9. The third-order valence-electron chi connectivity index (χ3n) is 4.69. The molecular weight excluding hydrogens is 350 g/mol. The number of hydrogen-bond donors (Lipinski definition) is 0. The molecule has 0 bridgehead atoms. The highest BCUT2D eigenvalue weighted by molar-refractivity contribution is 6.02. The number of rotatable bonds is 3. The molecule has 0 atom stereocenters. The smallest absolute Gasteiger partial charge is 0.254 e. The van der Waals surface area contributed by atoms with Gasteiger partial charge in [-0.3, -0.25) is 4.79 Å². The van der Waals surface area contributed by atoms with Gasteiger partial charge in [-0.1, -0.05) is 17.7 Å². The van der Waals surface area contributed by atoms with Gasteiger partial charge in [0.05, 0.1) is 23.5 Å². The van der Waals surface area contributed by atoms with Crippen molar-refractivity contribution in [3.8, 4) is 0 Å². The number of hydrogen-bond acceptors (Lipinski definition) is 4. The second kappa shape index (κ2) is 7.54. The van der Waals surface area contributed by atoms with Gasteiger partial charge in [0.2, 0.25) is 0 Å². The first kappa shape index (κ1) is 19.7. The fourth-order valence-corrected chi connectivity index (χ4v) is 3.62. The normalized spacial score (nSPS) is 11.9. The Morgan fingerprint density at radius 3 is 1.79 bits per heavy atom. The van der Waals surface area contributed by atoms with E-state index in [1.807, 2.05) is 53.7 Å². The summed E-state index contributed by atoms with van der Waals surface area (Å²) < 4.78 is 3.21. The van der Waals surface area contributed by atoms with Gasteiger partial charge in [-0.05, 0) is 71.7 Å². The number of benzene rings is 1. The number of aromatic nitrogens is 4. The van der Waals surface area contributed by atoms with Crippen LogP contribution in [-0.2, 0) is 0 Å². The Hall–Kier alpha value is -3.02. The Bertz CT molecular complexity index is 1060. The van der Waals surface area contributed by atoms with Crippen molar-refractivity contribution in [1.82, 2.24) is 19.6 Å². The number of carbonyl (C=O) groups is 1. The second-order valence-electron chi connectivity index (χ2n) is 7.52. The highest BCUT2D eigenvalue weighted by Gasteiger charge is 2.18. The predicted octanol–water partition coefficient (Wildman–Crippen LogP) is 4.55. The third kappa shape index (κ3) is 3.96. The minimum Gasteiger partial charge on any atom is -0.272 e. The Labute approximate surface area is 165 Å². The lowest BCUT2D eigenvalue weighted by molar-refractivity contribution is 0.0903. The van der Waals surface area contributed by atoms with E-state index in [1.54, 1.807) is 4.68 Å². The van der Waals surface area contributed by atoms with Crippen LogP contribution in [0.2, 0.25) is 0 Å². The van der Waals surface area contributed by atoms with E-state index in [0.29, 0.717) is 5.84 Å². The van der Waals surface area contributed by atoms with E-state index in [0.717, 1.165) is 39.6 Å². The van der Waals surface area contributed by atoms with Crippen LogP contribution in [0.15, 0.2) is 29.3 Å². The van der Waals surface area contributed by atoms with Gasteiger partial charge in [0.15, 0.2) is 0 Å². The van der Waals surface area contributed by atoms with Crippen LogP contribution in [-0.4, -0.2) is 31.3 Å². The van der Waals surface area contributed by atoms with E-state index in [-0.39, 0.29) is 12.3 Å². The number of aliphatic imine (C=N–C) groups is 1. The molecule has 1 aromatic carbocycles. The molecule has 146 valence electrons. The van der Waals surface area contributed by atoms with Crippen molar-refractivity contribution in [1.29, 1.82) is 0 Å². The first-order chi connectivity index (χ1) is 13.2. The fourth-order valence-electron chi connectivity index (χ4n) is 3.62. The maximum atomic E-state index is 13.0. The summed E-state index contributed by atoms with van der Waals surface area (Å²) in [5.41, 5.74) is 7.71. The average Bonchev–Trinajstić information content (AvgIpc) is 3.10. The van der Waals surface area contributed by atoms with Gasteiger partial charge < -0.3 is 0 Å². The second-order valence-corrected chi connectivity index (χ2v) is 7.52. The van der Waals surface area contributed by atoms with Crippen LogP contribution < -0.4 is 0 Å². The van der Waals surface area contributed by atoms with Gasteiger partial charge in [0, 0.05) is 11.4 Å². The molecule has 0 fully saturated rings. The minimum absolute atomic E-state index is 0.108. The van der Waals surface area contributed by atoms with E-state index in [9.17, 15) is 4.79 Å². The largest absolute Gasteiger partial charge is 0.272 e. The lowest BCUT2D eigenvalue weighted by Gasteiger charge is -2.12. The zero-order valence-electron chi connectivity index (χ0n) is 17.7. The predicted molar refractivity (Wildman–Crippen MR) is 112 cm³/mol. The zero-order chi connectivity index (χ0) is 20.6. The SMILES string of the molecule is Cc1cc(C)c(N=C(CC(=O)n2nc(C)cc2C)n2nc(C)cc2C)c(C)c1. The Morgan fingerprint density at radius 1 is 0.821 bits per heavy atom. The van der Waals surface area contributed by atoms with Crippen LogP contribution >= 0.6 is 0 Å². The molecule has 2 heterocycles. The van der Waals surface area contributed by atoms with Crippen molar-refractivity contribution in [2.45, 2.75) is 54.9 Å². The van der Waals surface area contributed by atoms with E-state index in [2.05, 4.69) is 29.3 Å². The number of nitrogens with zero attached hydrogens (tertiary/aromatic N) is 5. The number of aryl methyl sites for hydroxylation is 7. The van der Waals surface area contributed by atoms with Gasteiger partial charge in [-0.15, -0.1) is 0 Å². The lowest BCUT2D eigenvalue weighted by atomic mass is 10.1. The Kier molecular flexibility index (Phi) is 5.31. The molecule has 28 heavy (non-hydrogen) atoms. The van der Waals surface area contributed by atoms with Crippen molar-refractivity contribution < 1.29 is 4.79 Å². The molecular formula is C22H27N5O.